The van der Waals surface area contributed by atoms with Crippen LogP contribution < -0.4 is 0 Å². The minimum atomic E-state index is 0.262. The second kappa shape index (κ2) is 4.98. The normalized spacial score (nSPS) is 21.7. The Kier molecular flexibility index (Phi) is 2.98. The third-order valence-electron chi connectivity index (χ3n) is 4.36. The van der Waals surface area contributed by atoms with E-state index in [-0.39, 0.29) is 6.04 Å². The third-order valence-corrected chi connectivity index (χ3v) is 4.36. The van der Waals surface area contributed by atoms with Crippen molar-refractivity contribution in [3.8, 4) is 11.3 Å². The van der Waals surface area contributed by atoms with Crippen molar-refractivity contribution in [1.29, 1.82) is 0 Å². The fourth-order valence-electron chi connectivity index (χ4n) is 2.94. The van der Waals surface area contributed by atoms with Crippen LogP contribution >= 0.6 is 0 Å². The summed E-state index contributed by atoms with van der Waals surface area (Å²) in [5.41, 5.74) is 1.97. The van der Waals surface area contributed by atoms with E-state index in [1.54, 1.807) is 0 Å². The molecule has 1 aromatic carbocycles. The Balaban J connectivity index is 1.48. The predicted molar refractivity (Wildman–Crippen MR) is 78.4 cm³/mol. The molecular weight excluding hydrogens is 264 g/mol. The van der Waals surface area contributed by atoms with Crippen molar-refractivity contribution in [2.45, 2.75) is 25.3 Å². The summed E-state index contributed by atoms with van der Waals surface area (Å²) in [6, 6.07) is 10.3. The van der Waals surface area contributed by atoms with E-state index < -0.39 is 0 Å². The summed E-state index contributed by atoms with van der Waals surface area (Å²) in [5, 5.41) is 8.52. The van der Waals surface area contributed by atoms with Crippen molar-refractivity contribution in [1.82, 2.24) is 19.9 Å². The summed E-state index contributed by atoms with van der Waals surface area (Å²) < 4.78 is 1.92. The standard InChI is InChI=1S/C16H18N4O/c21-16(13-6-7-13)19-9-8-14(10-19)20-11-15(17-18-20)12-4-2-1-3-5-12/h1-5,11,13-14H,6-10H2. The fourth-order valence-corrected chi connectivity index (χ4v) is 2.94. The highest BCUT2D eigenvalue weighted by atomic mass is 16.2. The monoisotopic (exact) mass is 282 g/mol. The molecule has 0 bridgehead atoms. The number of likely N-dealkylation sites (tertiary alicyclic amines) is 1. The number of carbonyl (C=O) groups excluding carboxylic acids is 1. The van der Waals surface area contributed by atoms with Crippen LogP contribution in [0.25, 0.3) is 11.3 Å². The number of carbonyl (C=O) groups is 1. The smallest absolute Gasteiger partial charge is 0.225 e. The summed E-state index contributed by atoms with van der Waals surface area (Å²) in [6.07, 6.45) is 5.10. The fraction of sp³-hybridized carbons (Fsp3) is 0.438. The van der Waals surface area contributed by atoms with Crippen molar-refractivity contribution in [3.63, 3.8) is 0 Å². The van der Waals surface area contributed by atoms with Gasteiger partial charge in [-0.3, -0.25) is 4.79 Å². The van der Waals surface area contributed by atoms with Gasteiger partial charge in [0, 0.05) is 24.6 Å². The second-order valence-corrected chi connectivity index (χ2v) is 5.95. The minimum absolute atomic E-state index is 0.262. The van der Waals surface area contributed by atoms with Gasteiger partial charge in [0.05, 0.1) is 12.2 Å². The molecule has 0 N–H and O–H groups in total. The molecule has 1 saturated heterocycles. The molecule has 1 aliphatic carbocycles. The lowest BCUT2D eigenvalue weighted by Crippen LogP contribution is -2.30. The Morgan fingerprint density at radius 2 is 1.95 bits per heavy atom. The van der Waals surface area contributed by atoms with E-state index in [1.165, 1.54) is 0 Å². The van der Waals surface area contributed by atoms with E-state index in [9.17, 15) is 4.79 Å². The summed E-state index contributed by atoms with van der Waals surface area (Å²) in [5.74, 6) is 0.639. The first-order valence-corrected chi connectivity index (χ1v) is 7.57. The molecule has 2 aliphatic rings. The average molecular weight is 282 g/mol. The molecule has 0 spiro atoms. The van der Waals surface area contributed by atoms with Gasteiger partial charge in [0.2, 0.25) is 5.91 Å². The zero-order chi connectivity index (χ0) is 14.2. The van der Waals surface area contributed by atoms with E-state index >= 15 is 0 Å². The van der Waals surface area contributed by atoms with Crippen molar-refractivity contribution in [2.24, 2.45) is 5.92 Å². The highest BCUT2D eigenvalue weighted by molar-refractivity contribution is 5.81. The SMILES string of the molecule is O=C(C1CC1)N1CCC(n2cc(-c3ccccc3)nn2)C1. The lowest BCUT2D eigenvalue weighted by molar-refractivity contribution is -0.131. The predicted octanol–water partition coefficient (Wildman–Crippen LogP) is 2.13. The highest BCUT2D eigenvalue weighted by Gasteiger charge is 2.37. The largest absolute Gasteiger partial charge is 0.340 e. The molecule has 1 aliphatic heterocycles. The zero-order valence-electron chi connectivity index (χ0n) is 11.9. The van der Waals surface area contributed by atoms with Crippen molar-refractivity contribution in [2.75, 3.05) is 13.1 Å². The molecule has 1 aromatic heterocycles. The van der Waals surface area contributed by atoms with Gasteiger partial charge < -0.3 is 4.90 Å². The Bertz CT molecular complexity index is 647. The Labute approximate surface area is 123 Å². The number of rotatable bonds is 3. The van der Waals surface area contributed by atoms with Gasteiger partial charge in [0.1, 0.15) is 5.69 Å². The Morgan fingerprint density at radius 1 is 1.14 bits per heavy atom. The van der Waals surface area contributed by atoms with Crippen molar-refractivity contribution in [3.05, 3.63) is 36.5 Å². The first-order chi connectivity index (χ1) is 10.3. The molecule has 2 heterocycles. The van der Waals surface area contributed by atoms with E-state index in [1.807, 2.05) is 46.1 Å². The molecule has 108 valence electrons. The van der Waals surface area contributed by atoms with Gasteiger partial charge in [-0.25, -0.2) is 4.68 Å². The Morgan fingerprint density at radius 3 is 2.71 bits per heavy atom. The van der Waals surface area contributed by atoms with Gasteiger partial charge in [0.25, 0.3) is 0 Å². The van der Waals surface area contributed by atoms with E-state index in [2.05, 4.69) is 10.3 Å². The van der Waals surface area contributed by atoms with E-state index in [0.717, 1.165) is 43.6 Å². The number of nitrogens with zero attached hydrogens (tertiary/aromatic N) is 4. The molecule has 1 saturated carbocycles. The average Bonchev–Trinajstić information content (AvgIpc) is 3.06. The van der Waals surface area contributed by atoms with E-state index in [4.69, 9.17) is 0 Å². The number of benzene rings is 1. The molecule has 5 heteroatoms. The molecule has 4 rings (SSSR count). The van der Waals surface area contributed by atoms with Crippen LogP contribution in [0.2, 0.25) is 0 Å². The third kappa shape index (κ3) is 2.44. The van der Waals surface area contributed by atoms with Gasteiger partial charge in [-0.05, 0) is 19.3 Å². The first-order valence-electron chi connectivity index (χ1n) is 7.57. The maximum atomic E-state index is 12.1. The number of hydrogen-bond donors (Lipinski definition) is 0. The molecule has 2 fully saturated rings. The minimum Gasteiger partial charge on any atom is -0.340 e. The number of amides is 1. The molecule has 5 nitrogen and oxygen atoms in total. The summed E-state index contributed by atoms with van der Waals surface area (Å²) >= 11 is 0. The van der Waals surface area contributed by atoms with Gasteiger partial charge in [-0.15, -0.1) is 5.10 Å². The maximum Gasteiger partial charge on any atom is 0.225 e. The molecule has 1 amide bonds. The lowest BCUT2D eigenvalue weighted by Gasteiger charge is -2.15. The molecular formula is C16H18N4O. The molecule has 0 radical (unpaired) electrons. The topological polar surface area (TPSA) is 51.0 Å². The van der Waals surface area contributed by atoms with Crippen LogP contribution in [0.4, 0.5) is 0 Å². The van der Waals surface area contributed by atoms with Crippen molar-refractivity contribution >= 4 is 5.91 Å². The van der Waals surface area contributed by atoms with Crippen LogP contribution in [0.15, 0.2) is 36.5 Å². The van der Waals surface area contributed by atoms with Gasteiger partial charge in [-0.2, -0.15) is 0 Å². The van der Waals surface area contributed by atoms with Crippen LogP contribution in [0.5, 0.6) is 0 Å². The lowest BCUT2D eigenvalue weighted by atomic mass is 10.2. The summed E-state index contributed by atoms with van der Waals surface area (Å²) in [6.45, 7) is 1.62. The van der Waals surface area contributed by atoms with E-state index in [0.29, 0.717) is 11.8 Å². The molecule has 2 aromatic rings. The van der Waals surface area contributed by atoms with Crippen LogP contribution in [0.3, 0.4) is 0 Å². The summed E-state index contributed by atoms with van der Waals surface area (Å²) in [7, 11) is 0. The molecule has 1 unspecified atom stereocenters. The summed E-state index contributed by atoms with van der Waals surface area (Å²) in [4.78, 5) is 14.1. The highest BCUT2D eigenvalue weighted by Crippen LogP contribution is 2.33. The van der Waals surface area contributed by atoms with Crippen LogP contribution in [0.1, 0.15) is 25.3 Å². The molecule has 1 atom stereocenters. The maximum absolute atomic E-state index is 12.1. The van der Waals surface area contributed by atoms with Gasteiger partial charge in [-0.1, -0.05) is 35.5 Å². The van der Waals surface area contributed by atoms with Crippen LogP contribution in [-0.4, -0.2) is 38.9 Å². The number of hydrogen-bond acceptors (Lipinski definition) is 3. The van der Waals surface area contributed by atoms with Crippen molar-refractivity contribution < 1.29 is 4.79 Å². The first kappa shape index (κ1) is 12.6. The van der Waals surface area contributed by atoms with Gasteiger partial charge >= 0.3 is 0 Å². The second-order valence-electron chi connectivity index (χ2n) is 5.95. The van der Waals surface area contributed by atoms with Gasteiger partial charge in [0.15, 0.2) is 0 Å². The molecule has 21 heavy (non-hydrogen) atoms. The zero-order valence-corrected chi connectivity index (χ0v) is 11.9. The van der Waals surface area contributed by atoms with Crippen LogP contribution in [0, 0.1) is 5.92 Å². The van der Waals surface area contributed by atoms with Crippen LogP contribution in [-0.2, 0) is 4.79 Å². The number of aromatic nitrogens is 3. The quantitative estimate of drug-likeness (QED) is 0.866. The Hall–Kier alpha value is -2.17.